The first-order valence-corrected chi connectivity index (χ1v) is 8.74. The predicted molar refractivity (Wildman–Crippen MR) is 89.3 cm³/mol. The van der Waals surface area contributed by atoms with Crippen LogP contribution < -0.4 is 10.2 Å². The smallest absolute Gasteiger partial charge is 0.261 e. The largest absolute Gasteiger partial charge is 0.378 e. The number of rotatable bonds is 4. The van der Waals surface area contributed by atoms with Crippen LogP contribution in [0.5, 0.6) is 0 Å². The van der Waals surface area contributed by atoms with Crippen LogP contribution in [0.25, 0.3) is 0 Å². The van der Waals surface area contributed by atoms with Crippen LogP contribution in [0.3, 0.4) is 0 Å². The number of hydrogen-bond acceptors (Lipinski definition) is 6. The Morgan fingerprint density at radius 1 is 1.35 bits per heavy atom. The summed E-state index contributed by atoms with van der Waals surface area (Å²) < 4.78 is 5.37. The molecule has 1 saturated carbocycles. The first-order valence-electron chi connectivity index (χ1n) is 7.86. The van der Waals surface area contributed by atoms with Gasteiger partial charge in [-0.05, 0) is 25.0 Å². The number of anilines is 2. The van der Waals surface area contributed by atoms with Gasteiger partial charge in [-0.15, -0.1) is 11.3 Å². The van der Waals surface area contributed by atoms with Gasteiger partial charge in [0.05, 0.1) is 24.5 Å². The Balaban J connectivity index is 1.52. The number of nitrogens with zero attached hydrogens (tertiary/aromatic N) is 3. The third-order valence-electron chi connectivity index (χ3n) is 4.08. The summed E-state index contributed by atoms with van der Waals surface area (Å²) >= 11 is 1.49. The van der Waals surface area contributed by atoms with E-state index in [2.05, 4.69) is 20.2 Å². The summed E-state index contributed by atoms with van der Waals surface area (Å²) in [7, 11) is 0. The first kappa shape index (κ1) is 14.6. The minimum atomic E-state index is -0.156. The van der Waals surface area contributed by atoms with E-state index in [-0.39, 0.29) is 5.91 Å². The summed E-state index contributed by atoms with van der Waals surface area (Å²) in [5, 5.41) is 5.61. The van der Waals surface area contributed by atoms with Crippen molar-refractivity contribution in [3.8, 4) is 0 Å². The van der Waals surface area contributed by atoms with Gasteiger partial charge in [0.15, 0.2) is 5.13 Å². The molecule has 0 spiro atoms. The van der Waals surface area contributed by atoms with Crippen LogP contribution >= 0.6 is 11.3 Å². The van der Waals surface area contributed by atoms with Crippen molar-refractivity contribution in [2.24, 2.45) is 0 Å². The van der Waals surface area contributed by atoms with Gasteiger partial charge in [0.1, 0.15) is 5.82 Å². The molecule has 7 heteroatoms. The van der Waals surface area contributed by atoms with Crippen LogP contribution in [0.15, 0.2) is 23.7 Å². The minimum absolute atomic E-state index is 0.156. The van der Waals surface area contributed by atoms with E-state index in [1.54, 1.807) is 12.3 Å². The molecule has 0 aromatic carbocycles. The van der Waals surface area contributed by atoms with E-state index < -0.39 is 0 Å². The Bertz CT molecular complexity index is 708. The lowest BCUT2D eigenvalue weighted by Gasteiger charge is -2.29. The molecule has 2 fully saturated rings. The van der Waals surface area contributed by atoms with Gasteiger partial charge >= 0.3 is 0 Å². The van der Waals surface area contributed by atoms with Crippen LogP contribution in [-0.4, -0.2) is 42.2 Å². The van der Waals surface area contributed by atoms with Gasteiger partial charge < -0.3 is 9.64 Å². The number of thiazole rings is 1. The molecule has 23 heavy (non-hydrogen) atoms. The lowest BCUT2D eigenvalue weighted by atomic mass is 10.2. The molecule has 0 bridgehead atoms. The molecule has 1 amide bonds. The Morgan fingerprint density at radius 2 is 2.17 bits per heavy atom. The zero-order chi connectivity index (χ0) is 15.6. The van der Waals surface area contributed by atoms with E-state index in [0.717, 1.165) is 18.8 Å². The molecule has 2 aliphatic rings. The molecule has 1 saturated heterocycles. The third-order valence-corrected chi connectivity index (χ3v) is 4.86. The van der Waals surface area contributed by atoms with Crippen molar-refractivity contribution in [3.63, 3.8) is 0 Å². The highest BCUT2D eigenvalue weighted by Crippen LogP contribution is 2.40. The van der Waals surface area contributed by atoms with E-state index in [4.69, 9.17) is 4.74 Å². The van der Waals surface area contributed by atoms with Crippen molar-refractivity contribution in [2.75, 3.05) is 36.5 Å². The summed E-state index contributed by atoms with van der Waals surface area (Å²) in [5.74, 6) is 1.16. The Labute approximate surface area is 138 Å². The van der Waals surface area contributed by atoms with Gasteiger partial charge in [0.25, 0.3) is 5.91 Å². The Hall–Kier alpha value is -1.99. The summed E-state index contributed by atoms with van der Waals surface area (Å²) in [5.41, 5.74) is 1.68. The van der Waals surface area contributed by atoms with E-state index in [1.165, 1.54) is 24.2 Å². The average molecular weight is 330 g/mol. The van der Waals surface area contributed by atoms with E-state index in [1.807, 2.05) is 11.4 Å². The maximum Gasteiger partial charge on any atom is 0.261 e. The second-order valence-electron chi connectivity index (χ2n) is 5.78. The van der Waals surface area contributed by atoms with E-state index in [0.29, 0.717) is 35.6 Å². The van der Waals surface area contributed by atoms with Crippen molar-refractivity contribution in [2.45, 2.75) is 18.8 Å². The molecule has 0 atom stereocenters. The van der Waals surface area contributed by atoms with Crippen molar-refractivity contribution >= 4 is 28.2 Å². The maximum atomic E-state index is 12.6. The van der Waals surface area contributed by atoms with Crippen LogP contribution in [0, 0.1) is 0 Å². The zero-order valence-corrected chi connectivity index (χ0v) is 13.5. The number of ether oxygens (including phenoxy) is 1. The second kappa shape index (κ2) is 6.25. The number of aromatic nitrogens is 2. The number of hydrogen-bond donors (Lipinski definition) is 1. The third kappa shape index (κ3) is 3.20. The van der Waals surface area contributed by atoms with E-state index in [9.17, 15) is 4.79 Å². The number of morpholine rings is 1. The van der Waals surface area contributed by atoms with Crippen LogP contribution in [0.2, 0.25) is 0 Å². The fourth-order valence-electron chi connectivity index (χ4n) is 2.68. The summed E-state index contributed by atoms with van der Waals surface area (Å²) in [6, 6.07) is 3.60. The van der Waals surface area contributed by atoms with Crippen molar-refractivity contribution in [3.05, 3.63) is 35.0 Å². The molecule has 0 unspecified atom stereocenters. The van der Waals surface area contributed by atoms with Gasteiger partial charge in [-0.2, -0.15) is 0 Å². The normalized spacial score (nSPS) is 18.0. The van der Waals surface area contributed by atoms with E-state index >= 15 is 0 Å². The number of carbonyl (C=O) groups excluding carboxylic acids is 1. The van der Waals surface area contributed by atoms with Gasteiger partial charge in [0.2, 0.25) is 0 Å². The molecule has 4 rings (SSSR count). The van der Waals surface area contributed by atoms with Gasteiger partial charge in [0, 0.05) is 30.6 Å². The summed E-state index contributed by atoms with van der Waals surface area (Å²) in [4.78, 5) is 23.6. The molecular weight excluding hydrogens is 312 g/mol. The highest BCUT2D eigenvalue weighted by molar-refractivity contribution is 7.14. The maximum absolute atomic E-state index is 12.6. The first-order chi connectivity index (χ1) is 11.3. The molecule has 2 aromatic rings. The summed E-state index contributed by atoms with van der Waals surface area (Å²) in [6.45, 7) is 2.82. The van der Waals surface area contributed by atoms with Crippen molar-refractivity contribution < 1.29 is 9.53 Å². The minimum Gasteiger partial charge on any atom is -0.378 e. The standard InChI is InChI=1S/C16H18N4O2S/c21-15(19-16-18-13(10-23-16)11-3-4-11)12-2-1-5-17-14(12)20-6-8-22-9-7-20/h1-2,5,10-11H,3-4,6-9H2,(H,18,19,21). The molecule has 3 heterocycles. The van der Waals surface area contributed by atoms with Gasteiger partial charge in [-0.25, -0.2) is 9.97 Å². The molecule has 2 aromatic heterocycles. The summed E-state index contributed by atoms with van der Waals surface area (Å²) in [6.07, 6.45) is 4.14. The van der Waals surface area contributed by atoms with Crippen molar-refractivity contribution in [1.82, 2.24) is 9.97 Å². The highest BCUT2D eigenvalue weighted by atomic mass is 32.1. The Morgan fingerprint density at radius 3 is 2.96 bits per heavy atom. The molecular formula is C16H18N4O2S. The van der Waals surface area contributed by atoms with Crippen LogP contribution in [-0.2, 0) is 4.74 Å². The lowest BCUT2D eigenvalue weighted by molar-refractivity contribution is 0.102. The number of pyridine rings is 1. The molecule has 1 aliphatic heterocycles. The number of carbonyl (C=O) groups is 1. The van der Waals surface area contributed by atoms with Gasteiger partial charge in [-0.1, -0.05) is 0 Å². The predicted octanol–water partition coefficient (Wildman–Crippen LogP) is 2.50. The zero-order valence-electron chi connectivity index (χ0n) is 12.7. The number of nitrogens with one attached hydrogen (secondary N) is 1. The van der Waals surface area contributed by atoms with Gasteiger partial charge in [-0.3, -0.25) is 10.1 Å². The van der Waals surface area contributed by atoms with Crippen LogP contribution in [0.1, 0.15) is 34.8 Å². The molecule has 120 valence electrons. The number of amides is 1. The highest BCUT2D eigenvalue weighted by Gasteiger charge is 2.26. The fourth-order valence-corrected chi connectivity index (χ4v) is 3.46. The van der Waals surface area contributed by atoms with Crippen LogP contribution in [0.4, 0.5) is 10.9 Å². The monoisotopic (exact) mass is 330 g/mol. The van der Waals surface area contributed by atoms with Crippen molar-refractivity contribution in [1.29, 1.82) is 0 Å². The fraction of sp³-hybridized carbons (Fsp3) is 0.438. The second-order valence-corrected chi connectivity index (χ2v) is 6.64. The molecule has 1 aliphatic carbocycles. The molecule has 6 nitrogen and oxygen atoms in total. The topological polar surface area (TPSA) is 67.4 Å². The Kier molecular flexibility index (Phi) is 3.97. The molecule has 1 N–H and O–H groups in total. The lowest BCUT2D eigenvalue weighted by Crippen LogP contribution is -2.38. The SMILES string of the molecule is O=C(Nc1nc(C2CC2)cs1)c1cccnc1N1CCOCC1. The quantitative estimate of drug-likeness (QED) is 0.933. The average Bonchev–Trinajstić information content (AvgIpc) is 3.35. The molecule has 0 radical (unpaired) electrons.